The summed E-state index contributed by atoms with van der Waals surface area (Å²) in [4.78, 5) is 12.0. The summed E-state index contributed by atoms with van der Waals surface area (Å²) < 4.78 is 5.24. The predicted molar refractivity (Wildman–Crippen MR) is 101 cm³/mol. The van der Waals surface area contributed by atoms with Crippen molar-refractivity contribution in [3.8, 4) is 5.75 Å². The largest absolute Gasteiger partial charge is 0.417 e. The molecule has 0 atom stereocenters. The number of anilines is 1. The molecule has 3 aromatic carbocycles. The Hall–Kier alpha value is -3.07. The van der Waals surface area contributed by atoms with Crippen molar-refractivity contribution >= 4 is 11.8 Å². The summed E-state index contributed by atoms with van der Waals surface area (Å²) >= 11 is 0. The SMILES string of the molecule is CC(C)(c1ccccc1)c1ccc(NC(=O)Oc2ccccc2)cc1. The van der Waals surface area contributed by atoms with Crippen molar-refractivity contribution in [2.75, 3.05) is 5.32 Å². The molecule has 1 N–H and O–H groups in total. The van der Waals surface area contributed by atoms with Gasteiger partial charge in [0.2, 0.25) is 0 Å². The molecule has 0 saturated heterocycles. The number of nitrogens with one attached hydrogen (secondary N) is 1. The number of rotatable bonds is 4. The van der Waals surface area contributed by atoms with Crippen LogP contribution in [0.2, 0.25) is 0 Å². The number of carbonyl (C=O) groups is 1. The standard InChI is InChI=1S/C22H21NO2/c1-22(2,17-9-5-3-6-10-17)18-13-15-19(16-14-18)23-21(24)25-20-11-7-4-8-12-20/h3-16H,1-2H3,(H,23,24). The van der Waals surface area contributed by atoms with Crippen LogP contribution in [-0.4, -0.2) is 6.09 Å². The maximum Gasteiger partial charge on any atom is 0.417 e. The van der Waals surface area contributed by atoms with Crippen LogP contribution in [0.3, 0.4) is 0 Å². The van der Waals surface area contributed by atoms with Gasteiger partial charge in [0, 0.05) is 11.1 Å². The molecule has 0 spiro atoms. The highest BCUT2D eigenvalue weighted by Gasteiger charge is 2.22. The van der Waals surface area contributed by atoms with E-state index in [2.05, 4.69) is 31.3 Å². The number of para-hydroxylation sites is 1. The first-order chi connectivity index (χ1) is 12.1. The van der Waals surface area contributed by atoms with E-state index in [1.807, 2.05) is 60.7 Å². The first-order valence-corrected chi connectivity index (χ1v) is 8.26. The monoisotopic (exact) mass is 331 g/mol. The zero-order valence-electron chi connectivity index (χ0n) is 14.4. The lowest BCUT2D eigenvalue weighted by atomic mass is 9.78. The van der Waals surface area contributed by atoms with E-state index in [9.17, 15) is 4.79 Å². The van der Waals surface area contributed by atoms with Gasteiger partial charge in [-0.3, -0.25) is 5.32 Å². The Morgan fingerprint density at radius 2 is 1.28 bits per heavy atom. The summed E-state index contributed by atoms with van der Waals surface area (Å²) in [6.45, 7) is 4.38. The number of amides is 1. The molecule has 3 heteroatoms. The molecule has 3 nitrogen and oxygen atoms in total. The first kappa shape index (κ1) is 16.8. The minimum Gasteiger partial charge on any atom is -0.410 e. The van der Waals surface area contributed by atoms with E-state index in [-0.39, 0.29) is 5.41 Å². The number of carbonyl (C=O) groups excluding carboxylic acids is 1. The molecular weight excluding hydrogens is 310 g/mol. The maximum atomic E-state index is 12.0. The van der Waals surface area contributed by atoms with E-state index in [4.69, 9.17) is 4.74 Å². The van der Waals surface area contributed by atoms with Crippen LogP contribution in [0.4, 0.5) is 10.5 Å². The fraction of sp³-hybridized carbons (Fsp3) is 0.136. The van der Waals surface area contributed by atoms with Gasteiger partial charge in [0.25, 0.3) is 0 Å². The first-order valence-electron chi connectivity index (χ1n) is 8.26. The molecule has 0 bridgehead atoms. The third-order valence-corrected chi connectivity index (χ3v) is 4.30. The van der Waals surface area contributed by atoms with Gasteiger partial charge in [0.15, 0.2) is 0 Å². The van der Waals surface area contributed by atoms with Gasteiger partial charge >= 0.3 is 6.09 Å². The molecular formula is C22H21NO2. The molecule has 25 heavy (non-hydrogen) atoms. The van der Waals surface area contributed by atoms with Crippen molar-refractivity contribution in [2.45, 2.75) is 19.3 Å². The number of ether oxygens (including phenoxy) is 1. The average molecular weight is 331 g/mol. The van der Waals surface area contributed by atoms with Crippen molar-refractivity contribution < 1.29 is 9.53 Å². The van der Waals surface area contributed by atoms with Crippen LogP contribution in [0.1, 0.15) is 25.0 Å². The van der Waals surface area contributed by atoms with Crippen molar-refractivity contribution in [1.82, 2.24) is 0 Å². The van der Waals surface area contributed by atoms with Gasteiger partial charge in [0.1, 0.15) is 5.75 Å². The van der Waals surface area contributed by atoms with E-state index >= 15 is 0 Å². The second-order valence-corrected chi connectivity index (χ2v) is 6.40. The number of hydrogen-bond acceptors (Lipinski definition) is 2. The van der Waals surface area contributed by atoms with Gasteiger partial charge in [0.05, 0.1) is 0 Å². The molecule has 0 heterocycles. The lowest BCUT2D eigenvalue weighted by Gasteiger charge is -2.26. The van der Waals surface area contributed by atoms with E-state index in [1.54, 1.807) is 12.1 Å². The Bertz CT molecular complexity index is 825. The molecule has 0 radical (unpaired) electrons. The normalized spacial score (nSPS) is 11.0. The van der Waals surface area contributed by atoms with Crippen LogP contribution < -0.4 is 10.1 Å². The van der Waals surface area contributed by atoms with E-state index in [1.165, 1.54) is 11.1 Å². The fourth-order valence-electron chi connectivity index (χ4n) is 2.73. The third kappa shape index (κ3) is 4.07. The number of benzene rings is 3. The van der Waals surface area contributed by atoms with Crippen LogP contribution in [-0.2, 0) is 5.41 Å². The van der Waals surface area contributed by atoms with E-state index in [0.717, 1.165) is 0 Å². The molecule has 3 aromatic rings. The van der Waals surface area contributed by atoms with E-state index < -0.39 is 6.09 Å². The maximum absolute atomic E-state index is 12.0. The van der Waals surface area contributed by atoms with Crippen LogP contribution in [0.25, 0.3) is 0 Å². The van der Waals surface area contributed by atoms with Gasteiger partial charge in [-0.25, -0.2) is 4.79 Å². The Kier molecular flexibility index (Phi) is 4.85. The second-order valence-electron chi connectivity index (χ2n) is 6.40. The van der Waals surface area contributed by atoms with Crippen molar-refractivity contribution in [3.63, 3.8) is 0 Å². The smallest absolute Gasteiger partial charge is 0.410 e. The minimum absolute atomic E-state index is 0.107. The van der Waals surface area contributed by atoms with Gasteiger partial charge in [-0.05, 0) is 35.4 Å². The van der Waals surface area contributed by atoms with Gasteiger partial charge in [-0.1, -0.05) is 74.5 Å². The van der Waals surface area contributed by atoms with Crippen LogP contribution in [0.5, 0.6) is 5.75 Å². The quantitative estimate of drug-likeness (QED) is 0.673. The second kappa shape index (κ2) is 7.22. The fourth-order valence-corrected chi connectivity index (χ4v) is 2.73. The molecule has 126 valence electrons. The van der Waals surface area contributed by atoms with E-state index in [0.29, 0.717) is 11.4 Å². The van der Waals surface area contributed by atoms with Crippen molar-refractivity contribution in [2.24, 2.45) is 0 Å². The summed E-state index contributed by atoms with van der Waals surface area (Å²) in [5.41, 5.74) is 3.03. The highest BCUT2D eigenvalue weighted by Crippen LogP contribution is 2.31. The summed E-state index contributed by atoms with van der Waals surface area (Å²) in [5.74, 6) is 0.516. The predicted octanol–water partition coefficient (Wildman–Crippen LogP) is 5.62. The molecule has 0 unspecified atom stereocenters. The minimum atomic E-state index is -0.499. The lowest BCUT2D eigenvalue weighted by molar-refractivity contribution is 0.215. The Morgan fingerprint density at radius 1 is 0.760 bits per heavy atom. The Morgan fingerprint density at radius 3 is 1.88 bits per heavy atom. The summed E-state index contributed by atoms with van der Waals surface area (Å²) in [7, 11) is 0. The van der Waals surface area contributed by atoms with Crippen molar-refractivity contribution in [3.05, 3.63) is 96.1 Å². The highest BCUT2D eigenvalue weighted by atomic mass is 16.6. The molecule has 0 aliphatic heterocycles. The highest BCUT2D eigenvalue weighted by molar-refractivity contribution is 5.86. The molecule has 0 aliphatic rings. The van der Waals surface area contributed by atoms with Crippen LogP contribution in [0, 0.1) is 0 Å². The molecule has 3 rings (SSSR count). The third-order valence-electron chi connectivity index (χ3n) is 4.30. The van der Waals surface area contributed by atoms with Gasteiger partial charge in [-0.15, -0.1) is 0 Å². The van der Waals surface area contributed by atoms with Gasteiger partial charge < -0.3 is 4.74 Å². The summed E-state index contributed by atoms with van der Waals surface area (Å²) in [6.07, 6.45) is -0.499. The summed E-state index contributed by atoms with van der Waals surface area (Å²) in [6, 6.07) is 27.2. The molecule has 0 aliphatic carbocycles. The molecule has 0 fully saturated rings. The average Bonchev–Trinajstić information content (AvgIpc) is 2.63. The topological polar surface area (TPSA) is 38.3 Å². The Labute approximate surface area is 148 Å². The zero-order valence-corrected chi connectivity index (χ0v) is 14.4. The zero-order chi connectivity index (χ0) is 17.7. The lowest BCUT2D eigenvalue weighted by Crippen LogP contribution is -2.19. The van der Waals surface area contributed by atoms with Crippen LogP contribution in [0.15, 0.2) is 84.9 Å². The number of hydrogen-bond donors (Lipinski definition) is 1. The summed E-state index contributed by atoms with van der Waals surface area (Å²) in [5, 5.41) is 2.75. The molecule has 0 saturated carbocycles. The van der Waals surface area contributed by atoms with Crippen molar-refractivity contribution in [1.29, 1.82) is 0 Å². The molecule has 0 aromatic heterocycles. The Balaban J connectivity index is 1.69. The van der Waals surface area contributed by atoms with Gasteiger partial charge in [-0.2, -0.15) is 0 Å². The molecule has 1 amide bonds. The van der Waals surface area contributed by atoms with Crippen LogP contribution >= 0.6 is 0 Å².